The van der Waals surface area contributed by atoms with Crippen molar-refractivity contribution in [2.75, 3.05) is 0 Å². The molecule has 0 aromatic heterocycles. The molecular weight excluding hydrogens is 292 g/mol. The van der Waals surface area contributed by atoms with Gasteiger partial charge in [-0.05, 0) is 41.3 Å². The molecule has 0 bridgehead atoms. The van der Waals surface area contributed by atoms with Crippen LogP contribution in [0.5, 0.6) is 0 Å². The first-order chi connectivity index (χ1) is 10.7. The molecule has 3 rings (SSSR count). The number of benzene rings is 2. The number of carbonyl (C=O) groups is 3. The predicted molar refractivity (Wildman–Crippen MR) is 85.4 cm³/mol. The molecule has 23 heavy (non-hydrogen) atoms. The largest absolute Gasteiger partial charge is 0.478 e. The lowest BCUT2D eigenvalue weighted by atomic mass is 9.79. The zero-order valence-electron chi connectivity index (χ0n) is 13.1. The van der Waals surface area contributed by atoms with Gasteiger partial charge in [0, 0.05) is 22.3 Å². The van der Waals surface area contributed by atoms with Crippen molar-refractivity contribution in [1.29, 1.82) is 0 Å². The second kappa shape index (κ2) is 4.88. The van der Waals surface area contributed by atoms with Crippen LogP contribution in [0.25, 0.3) is 0 Å². The average Bonchev–Trinajstić information content (AvgIpc) is 2.50. The SMILES string of the molecule is CC(C)(C)c1ccc2c(c1)C(=O)c1ccc(C(=O)O)cc1C2=O. The van der Waals surface area contributed by atoms with E-state index >= 15 is 0 Å². The maximum Gasteiger partial charge on any atom is 0.335 e. The molecule has 1 N–H and O–H groups in total. The highest BCUT2D eigenvalue weighted by atomic mass is 16.4. The first-order valence-electron chi connectivity index (χ1n) is 7.31. The molecular formula is C19H16O4. The Morgan fingerprint density at radius 3 is 1.87 bits per heavy atom. The summed E-state index contributed by atoms with van der Waals surface area (Å²) < 4.78 is 0. The lowest BCUT2D eigenvalue weighted by Crippen LogP contribution is -2.23. The van der Waals surface area contributed by atoms with Gasteiger partial charge in [0.1, 0.15) is 0 Å². The Morgan fingerprint density at radius 1 is 0.826 bits per heavy atom. The van der Waals surface area contributed by atoms with Crippen LogP contribution < -0.4 is 0 Å². The van der Waals surface area contributed by atoms with Crippen molar-refractivity contribution >= 4 is 17.5 Å². The van der Waals surface area contributed by atoms with Gasteiger partial charge in [0.2, 0.25) is 0 Å². The molecule has 4 nitrogen and oxygen atoms in total. The van der Waals surface area contributed by atoms with Gasteiger partial charge in [-0.25, -0.2) is 4.79 Å². The standard InChI is InChI=1S/C19H16O4/c1-19(2,3)11-5-7-13-15(9-11)17(21)12-6-4-10(18(22)23)8-14(12)16(13)20/h4-9H,1-3H3,(H,22,23). The second-order valence-electron chi connectivity index (χ2n) is 6.73. The second-order valence-corrected chi connectivity index (χ2v) is 6.73. The van der Waals surface area contributed by atoms with Gasteiger partial charge in [-0.15, -0.1) is 0 Å². The minimum Gasteiger partial charge on any atom is -0.478 e. The lowest BCUT2D eigenvalue weighted by Gasteiger charge is -2.23. The molecule has 0 atom stereocenters. The van der Waals surface area contributed by atoms with E-state index in [9.17, 15) is 14.4 Å². The van der Waals surface area contributed by atoms with Crippen LogP contribution in [0.3, 0.4) is 0 Å². The predicted octanol–water partition coefficient (Wildman–Crippen LogP) is 3.46. The van der Waals surface area contributed by atoms with Gasteiger partial charge in [0.15, 0.2) is 11.6 Å². The van der Waals surface area contributed by atoms with E-state index in [0.717, 1.165) is 5.56 Å². The Morgan fingerprint density at radius 2 is 1.35 bits per heavy atom. The zero-order chi connectivity index (χ0) is 16.9. The highest BCUT2D eigenvalue weighted by Crippen LogP contribution is 2.31. The first-order valence-corrected chi connectivity index (χ1v) is 7.31. The number of hydrogen-bond donors (Lipinski definition) is 1. The maximum atomic E-state index is 12.7. The molecule has 1 aliphatic rings. The van der Waals surface area contributed by atoms with E-state index in [1.165, 1.54) is 18.2 Å². The highest BCUT2D eigenvalue weighted by Gasteiger charge is 2.31. The van der Waals surface area contributed by atoms with Gasteiger partial charge in [0.25, 0.3) is 0 Å². The van der Waals surface area contributed by atoms with E-state index in [4.69, 9.17) is 5.11 Å². The van der Waals surface area contributed by atoms with Crippen LogP contribution in [-0.2, 0) is 5.41 Å². The van der Waals surface area contributed by atoms with Crippen molar-refractivity contribution < 1.29 is 19.5 Å². The van der Waals surface area contributed by atoms with E-state index < -0.39 is 5.97 Å². The third-order valence-corrected chi connectivity index (χ3v) is 4.13. The first kappa shape index (κ1) is 15.2. The minimum atomic E-state index is -1.12. The van der Waals surface area contributed by atoms with E-state index in [1.54, 1.807) is 12.1 Å². The molecule has 0 saturated heterocycles. The summed E-state index contributed by atoms with van der Waals surface area (Å²) in [6.45, 7) is 6.12. The molecule has 0 aliphatic heterocycles. The van der Waals surface area contributed by atoms with Crippen LogP contribution in [0, 0.1) is 0 Å². The van der Waals surface area contributed by atoms with Gasteiger partial charge < -0.3 is 5.11 Å². The summed E-state index contributed by atoms with van der Waals surface area (Å²) in [6.07, 6.45) is 0. The molecule has 0 amide bonds. The lowest BCUT2D eigenvalue weighted by molar-refractivity contribution is 0.0696. The molecule has 116 valence electrons. The van der Waals surface area contributed by atoms with Gasteiger partial charge >= 0.3 is 5.97 Å². The van der Waals surface area contributed by atoms with E-state index in [1.807, 2.05) is 26.8 Å². The van der Waals surface area contributed by atoms with Gasteiger partial charge in [-0.1, -0.05) is 26.8 Å². The van der Waals surface area contributed by atoms with Crippen LogP contribution in [0.15, 0.2) is 36.4 Å². The molecule has 0 spiro atoms. The van der Waals surface area contributed by atoms with Crippen LogP contribution in [0.1, 0.15) is 68.5 Å². The van der Waals surface area contributed by atoms with Crippen LogP contribution in [-0.4, -0.2) is 22.6 Å². The molecule has 0 unspecified atom stereocenters. The molecule has 0 radical (unpaired) electrons. The Balaban J connectivity index is 2.20. The Kier molecular flexibility index (Phi) is 3.22. The number of fused-ring (bicyclic) bond motifs is 2. The summed E-state index contributed by atoms with van der Waals surface area (Å²) in [6, 6.07) is 9.32. The Labute approximate surface area is 133 Å². The maximum absolute atomic E-state index is 12.7. The van der Waals surface area contributed by atoms with Crippen molar-refractivity contribution in [2.24, 2.45) is 0 Å². The van der Waals surface area contributed by atoms with Gasteiger partial charge in [0.05, 0.1) is 5.56 Å². The number of carbonyl (C=O) groups excluding carboxylic acids is 2. The summed E-state index contributed by atoms with van der Waals surface area (Å²) in [5.74, 6) is -1.67. The smallest absolute Gasteiger partial charge is 0.335 e. The Hall–Kier alpha value is -2.75. The van der Waals surface area contributed by atoms with Gasteiger partial charge in [-0.2, -0.15) is 0 Å². The van der Waals surface area contributed by atoms with Crippen molar-refractivity contribution in [3.63, 3.8) is 0 Å². The van der Waals surface area contributed by atoms with Crippen molar-refractivity contribution in [3.05, 3.63) is 69.8 Å². The van der Waals surface area contributed by atoms with E-state index in [2.05, 4.69) is 0 Å². The fourth-order valence-corrected chi connectivity index (χ4v) is 2.75. The number of ketones is 2. The van der Waals surface area contributed by atoms with E-state index in [0.29, 0.717) is 11.1 Å². The zero-order valence-corrected chi connectivity index (χ0v) is 13.1. The normalized spacial score (nSPS) is 13.5. The number of carboxylic acids is 1. The summed E-state index contributed by atoms with van der Waals surface area (Å²) in [4.78, 5) is 36.4. The van der Waals surface area contributed by atoms with Crippen LogP contribution >= 0.6 is 0 Å². The van der Waals surface area contributed by atoms with Gasteiger partial charge in [-0.3, -0.25) is 9.59 Å². The summed E-state index contributed by atoms with van der Waals surface area (Å²) >= 11 is 0. The minimum absolute atomic E-state index is 0.000313. The van der Waals surface area contributed by atoms with Crippen molar-refractivity contribution in [2.45, 2.75) is 26.2 Å². The number of aromatic carboxylic acids is 1. The van der Waals surface area contributed by atoms with Crippen LogP contribution in [0.4, 0.5) is 0 Å². The highest BCUT2D eigenvalue weighted by molar-refractivity contribution is 6.28. The van der Waals surface area contributed by atoms with Crippen molar-refractivity contribution in [1.82, 2.24) is 0 Å². The average molecular weight is 308 g/mol. The molecule has 1 aliphatic carbocycles. The number of rotatable bonds is 1. The van der Waals surface area contributed by atoms with Crippen LogP contribution in [0.2, 0.25) is 0 Å². The number of carboxylic acid groups (broad SMARTS) is 1. The third-order valence-electron chi connectivity index (χ3n) is 4.13. The monoisotopic (exact) mass is 308 g/mol. The molecule has 0 fully saturated rings. The fraction of sp³-hybridized carbons (Fsp3) is 0.211. The number of hydrogen-bond acceptors (Lipinski definition) is 3. The molecule has 2 aromatic carbocycles. The van der Waals surface area contributed by atoms with E-state index in [-0.39, 0.29) is 33.7 Å². The summed E-state index contributed by atoms with van der Waals surface area (Å²) in [7, 11) is 0. The third kappa shape index (κ3) is 2.36. The topological polar surface area (TPSA) is 71.4 Å². The molecule has 4 heteroatoms. The fourth-order valence-electron chi connectivity index (χ4n) is 2.75. The summed E-state index contributed by atoms with van der Waals surface area (Å²) in [5, 5.41) is 9.06. The molecule has 0 heterocycles. The molecule has 0 saturated carbocycles. The quantitative estimate of drug-likeness (QED) is 0.747. The Bertz CT molecular complexity index is 869. The molecule has 2 aromatic rings. The van der Waals surface area contributed by atoms with Crippen molar-refractivity contribution in [3.8, 4) is 0 Å². The summed E-state index contributed by atoms with van der Waals surface area (Å²) in [5.41, 5.74) is 1.98.